The zero-order chi connectivity index (χ0) is 19.1. The predicted octanol–water partition coefficient (Wildman–Crippen LogP) is 1.04. The molecule has 140 valence electrons. The second kappa shape index (κ2) is 14.8. The SMILES string of the molecule is CCC(CC)C(=O)CCC(=O)[O-].CCC(CC)C(=O)CCC(=O)[O-]. The van der Waals surface area contributed by atoms with E-state index in [1.54, 1.807) is 0 Å². The van der Waals surface area contributed by atoms with Gasteiger partial charge in [-0.25, -0.2) is 0 Å². The van der Waals surface area contributed by atoms with Gasteiger partial charge in [-0.1, -0.05) is 27.7 Å². The summed E-state index contributed by atoms with van der Waals surface area (Å²) in [4.78, 5) is 42.5. The molecule has 0 aromatic rings. The highest BCUT2D eigenvalue weighted by atomic mass is 16.4. The lowest BCUT2D eigenvalue weighted by Crippen LogP contribution is -2.24. The number of carbonyl (C=O) groups is 4. The molecule has 0 atom stereocenters. The van der Waals surface area contributed by atoms with E-state index in [1.807, 2.05) is 27.7 Å². The maximum Gasteiger partial charge on any atom is 0.136 e. The minimum atomic E-state index is -1.14. The number of carboxylic acid groups (broad SMARTS) is 2. The number of aliphatic carboxylic acids is 2. The third-order valence-electron chi connectivity index (χ3n) is 4.03. The maximum absolute atomic E-state index is 11.2. The van der Waals surface area contributed by atoms with Gasteiger partial charge in [0.25, 0.3) is 0 Å². The number of hydrogen-bond donors (Lipinski definition) is 0. The minimum Gasteiger partial charge on any atom is -0.550 e. The summed E-state index contributed by atoms with van der Waals surface area (Å²) in [6.07, 6.45) is 3.13. The fourth-order valence-electron chi connectivity index (χ4n) is 2.35. The molecule has 0 aromatic carbocycles. The molecule has 0 aliphatic rings. The van der Waals surface area contributed by atoms with Crippen molar-refractivity contribution in [3.05, 3.63) is 0 Å². The fourth-order valence-corrected chi connectivity index (χ4v) is 2.35. The summed E-state index contributed by atoms with van der Waals surface area (Å²) in [5.41, 5.74) is 0. The number of carbonyl (C=O) groups excluding carboxylic acids is 4. The summed E-state index contributed by atoms with van der Waals surface area (Å²) >= 11 is 0. The Morgan fingerprint density at radius 2 is 0.833 bits per heavy atom. The number of rotatable bonds is 12. The smallest absolute Gasteiger partial charge is 0.136 e. The van der Waals surface area contributed by atoms with Crippen LogP contribution in [0.15, 0.2) is 0 Å². The van der Waals surface area contributed by atoms with Crippen molar-refractivity contribution in [2.24, 2.45) is 11.8 Å². The lowest BCUT2D eigenvalue weighted by Gasteiger charge is -2.10. The third kappa shape index (κ3) is 12.8. The van der Waals surface area contributed by atoms with Gasteiger partial charge in [0, 0.05) is 36.6 Å². The van der Waals surface area contributed by atoms with Crippen LogP contribution in [0.3, 0.4) is 0 Å². The van der Waals surface area contributed by atoms with E-state index >= 15 is 0 Å². The molecule has 0 amide bonds. The van der Waals surface area contributed by atoms with Gasteiger partial charge in [-0.15, -0.1) is 0 Å². The molecular formula is C18H30O6-2. The molecule has 0 rings (SSSR count). The Hall–Kier alpha value is -1.72. The van der Waals surface area contributed by atoms with E-state index in [2.05, 4.69) is 0 Å². The molecule has 0 heterocycles. The number of ketones is 2. The van der Waals surface area contributed by atoms with Crippen LogP contribution in [0.4, 0.5) is 0 Å². The molecule has 0 saturated carbocycles. The van der Waals surface area contributed by atoms with Crippen LogP contribution in [0.2, 0.25) is 0 Å². The average Bonchev–Trinajstić information content (AvgIpc) is 2.53. The molecule has 0 aliphatic heterocycles. The molecule has 0 N–H and O–H groups in total. The molecule has 0 fully saturated rings. The van der Waals surface area contributed by atoms with Gasteiger partial charge in [-0.05, 0) is 38.5 Å². The van der Waals surface area contributed by atoms with Crippen molar-refractivity contribution in [1.29, 1.82) is 0 Å². The van der Waals surface area contributed by atoms with Crippen LogP contribution >= 0.6 is 0 Å². The highest BCUT2D eigenvalue weighted by molar-refractivity contribution is 5.84. The molecule has 6 heteroatoms. The molecule has 0 spiro atoms. The Balaban J connectivity index is 0. The van der Waals surface area contributed by atoms with Crippen LogP contribution in [-0.4, -0.2) is 23.5 Å². The average molecular weight is 342 g/mol. The molecular weight excluding hydrogens is 312 g/mol. The van der Waals surface area contributed by atoms with E-state index < -0.39 is 11.9 Å². The Kier molecular flexibility index (Phi) is 15.2. The third-order valence-corrected chi connectivity index (χ3v) is 4.03. The lowest BCUT2D eigenvalue weighted by atomic mass is 9.95. The van der Waals surface area contributed by atoms with Gasteiger partial charge >= 0.3 is 0 Å². The van der Waals surface area contributed by atoms with Crippen LogP contribution < -0.4 is 10.2 Å². The van der Waals surface area contributed by atoms with Gasteiger partial charge in [-0.2, -0.15) is 0 Å². The van der Waals surface area contributed by atoms with Crippen molar-refractivity contribution < 1.29 is 29.4 Å². The second-order valence-electron chi connectivity index (χ2n) is 5.70. The minimum absolute atomic E-state index is 0.0318. The van der Waals surface area contributed by atoms with Gasteiger partial charge in [0.15, 0.2) is 0 Å². The zero-order valence-corrected chi connectivity index (χ0v) is 15.3. The topological polar surface area (TPSA) is 114 Å². The standard InChI is InChI=1S/2C9H16O3/c2*1-3-7(4-2)8(10)5-6-9(11)12/h2*7H,3-6H2,1-2H3,(H,11,12)/p-2. The molecule has 0 saturated heterocycles. The van der Waals surface area contributed by atoms with Gasteiger partial charge < -0.3 is 19.8 Å². The normalized spacial score (nSPS) is 10.2. The van der Waals surface area contributed by atoms with Gasteiger partial charge in [0.05, 0.1) is 0 Å². The molecule has 0 unspecified atom stereocenters. The number of Topliss-reactive ketones (excluding diaryl/α,β-unsaturated/α-hetero) is 2. The fraction of sp³-hybridized carbons (Fsp3) is 0.778. The van der Waals surface area contributed by atoms with Crippen molar-refractivity contribution >= 4 is 23.5 Å². The first kappa shape index (κ1) is 24.5. The summed E-state index contributed by atoms with van der Waals surface area (Å²) in [6, 6.07) is 0. The molecule has 0 aliphatic carbocycles. The van der Waals surface area contributed by atoms with Crippen molar-refractivity contribution in [1.82, 2.24) is 0 Å². The van der Waals surface area contributed by atoms with E-state index in [0.29, 0.717) is 0 Å². The first-order valence-corrected chi connectivity index (χ1v) is 8.68. The summed E-state index contributed by atoms with van der Waals surface area (Å²) in [6.45, 7) is 7.74. The van der Waals surface area contributed by atoms with Crippen LogP contribution in [0.25, 0.3) is 0 Å². The van der Waals surface area contributed by atoms with E-state index in [1.165, 1.54) is 0 Å². The van der Waals surface area contributed by atoms with Crippen molar-refractivity contribution in [2.45, 2.75) is 79.1 Å². The monoisotopic (exact) mass is 342 g/mol. The summed E-state index contributed by atoms with van der Waals surface area (Å²) in [5, 5.41) is 20.1. The largest absolute Gasteiger partial charge is 0.550 e. The van der Waals surface area contributed by atoms with E-state index in [9.17, 15) is 29.4 Å². The van der Waals surface area contributed by atoms with Crippen LogP contribution in [0.1, 0.15) is 79.1 Å². The molecule has 24 heavy (non-hydrogen) atoms. The number of carboxylic acids is 2. The van der Waals surface area contributed by atoms with E-state index in [0.717, 1.165) is 25.7 Å². The molecule has 0 radical (unpaired) electrons. The lowest BCUT2D eigenvalue weighted by molar-refractivity contribution is -0.307. The Morgan fingerprint density at radius 1 is 0.583 bits per heavy atom. The summed E-state index contributed by atoms with van der Waals surface area (Å²) in [5.74, 6) is -2.13. The highest BCUT2D eigenvalue weighted by Crippen LogP contribution is 2.12. The van der Waals surface area contributed by atoms with Crippen LogP contribution in [0, 0.1) is 11.8 Å². The van der Waals surface area contributed by atoms with Crippen molar-refractivity contribution in [3.63, 3.8) is 0 Å². The van der Waals surface area contributed by atoms with Crippen molar-refractivity contribution in [2.75, 3.05) is 0 Å². The molecule has 0 bridgehead atoms. The van der Waals surface area contributed by atoms with Crippen LogP contribution in [0.5, 0.6) is 0 Å². The molecule has 6 nitrogen and oxygen atoms in total. The Morgan fingerprint density at radius 3 is 1.00 bits per heavy atom. The van der Waals surface area contributed by atoms with Gasteiger partial charge in [0.2, 0.25) is 0 Å². The zero-order valence-electron chi connectivity index (χ0n) is 15.3. The van der Waals surface area contributed by atoms with Crippen molar-refractivity contribution in [3.8, 4) is 0 Å². The summed E-state index contributed by atoms with van der Waals surface area (Å²) in [7, 11) is 0. The second-order valence-corrected chi connectivity index (χ2v) is 5.70. The van der Waals surface area contributed by atoms with Gasteiger partial charge in [0.1, 0.15) is 11.6 Å². The first-order chi connectivity index (χ1) is 11.2. The van der Waals surface area contributed by atoms with E-state index in [-0.39, 0.29) is 49.1 Å². The van der Waals surface area contributed by atoms with E-state index in [4.69, 9.17) is 0 Å². The quantitative estimate of drug-likeness (QED) is 0.523. The van der Waals surface area contributed by atoms with Gasteiger partial charge in [-0.3, -0.25) is 9.59 Å². The number of hydrogen-bond acceptors (Lipinski definition) is 6. The van der Waals surface area contributed by atoms with Crippen LogP contribution in [-0.2, 0) is 19.2 Å². The highest BCUT2D eigenvalue weighted by Gasteiger charge is 2.13. The predicted molar refractivity (Wildman–Crippen MR) is 86.6 cm³/mol. The first-order valence-electron chi connectivity index (χ1n) is 8.68. The maximum atomic E-state index is 11.2. The summed E-state index contributed by atoms with van der Waals surface area (Å²) < 4.78 is 0. The Labute approximate surface area is 144 Å². The Bertz CT molecular complexity index is 356. The molecule has 0 aromatic heterocycles.